The highest BCUT2D eigenvalue weighted by atomic mass is 16.3. The number of carbonyl (C=O) groups is 1. The SMILES string of the molecule is CCC(CC)(CN)C(=O)N=O. The van der Waals surface area contributed by atoms with Gasteiger partial charge in [0.25, 0.3) is 5.91 Å². The maximum Gasteiger partial charge on any atom is 0.293 e. The number of rotatable bonds is 4. The van der Waals surface area contributed by atoms with Crippen LogP contribution < -0.4 is 5.73 Å². The number of amides is 1. The molecule has 0 bridgehead atoms. The number of carbonyl (C=O) groups excluding carboxylic acids is 1. The second-order valence-corrected chi connectivity index (χ2v) is 2.59. The lowest BCUT2D eigenvalue weighted by Crippen LogP contribution is -2.36. The Morgan fingerprint density at radius 2 is 1.91 bits per heavy atom. The van der Waals surface area contributed by atoms with Gasteiger partial charge in [-0.05, 0) is 12.8 Å². The molecule has 0 aromatic heterocycles. The van der Waals surface area contributed by atoms with Gasteiger partial charge in [-0.15, -0.1) is 4.91 Å². The van der Waals surface area contributed by atoms with Gasteiger partial charge in [-0.25, -0.2) is 0 Å². The zero-order chi connectivity index (χ0) is 8.91. The van der Waals surface area contributed by atoms with Crippen molar-refractivity contribution < 1.29 is 4.79 Å². The van der Waals surface area contributed by atoms with Gasteiger partial charge in [0.2, 0.25) is 0 Å². The Morgan fingerprint density at radius 3 is 2.00 bits per heavy atom. The highest BCUT2D eigenvalue weighted by Crippen LogP contribution is 2.26. The molecule has 0 atom stereocenters. The van der Waals surface area contributed by atoms with Crippen molar-refractivity contribution in [2.75, 3.05) is 6.54 Å². The number of nitrogens with zero attached hydrogens (tertiary/aromatic N) is 1. The van der Waals surface area contributed by atoms with Crippen molar-refractivity contribution in [1.82, 2.24) is 0 Å². The van der Waals surface area contributed by atoms with Gasteiger partial charge in [-0.1, -0.05) is 13.8 Å². The van der Waals surface area contributed by atoms with E-state index < -0.39 is 11.3 Å². The summed E-state index contributed by atoms with van der Waals surface area (Å²) in [7, 11) is 0. The average molecular weight is 158 g/mol. The summed E-state index contributed by atoms with van der Waals surface area (Å²) >= 11 is 0. The molecule has 0 aliphatic carbocycles. The molecule has 1 amide bonds. The van der Waals surface area contributed by atoms with Crippen molar-refractivity contribution in [3.05, 3.63) is 4.91 Å². The van der Waals surface area contributed by atoms with Crippen LogP contribution in [-0.2, 0) is 4.79 Å². The second-order valence-electron chi connectivity index (χ2n) is 2.59. The summed E-state index contributed by atoms with van der Waals surface area (Å²) < 4.78 is 0. The zero-order valence-corrected chi connectivity index (χ0v) is 6.96. The third-order valence-electron chi connectivity index (χ3n) is 2.28. The predicted octanol–water partition coefficient (Wildman–Crippen LogP) is 1.04. The number of nitrogens with two attached hydrogens (primary N) is 1. The molecule has 0 heterocycles. The van der Waals surface area contributed by atoms with Crippen LogP contribution in [0.4, 0.5) is 0 Å². The van der Waals surface area contributed by atoms with Crippen LogP contribution in [0.3, 0.4) is 0 Å². The lowest BCUT2D eigenvalue weighted by molar-refractivity contribution is -0.127. The van der Waals surface area contributed by atoms with Gasteiger partial charge in [0.1, 0.15) is 0 Å². The molecule has 0 aromatic rings. The fraction of sp³-hybridized carbons (Fsp3) is 0.857. The molecule has 0 spiro atoms. The van der Waals surface area contributed by atoms with Gasteiger partial charge in [0.15, 0.2) is 0 Å². The fourth-order valence-electron chi connectivity index (χ4n) is 1.03. The molecule has 4 heteroatoms. The smallest absolute Gasteiger partial charge is 0.293 e. The van der Waals surface area contributed by atoms with E-state index in [-0.39, 0.29) is 6.54 Å². The van der Waals surface area contributed by atoms with E-state index in [4.69, 9.17) is 5.73 Å². The van der Waals surface area contributed by atoms with E-state index in [0.29, 0.717) is 12.8 Å². The monoisotopic (exact) mass is 158 g/mol. The summed E-state index contributed by atoms with van der Waals surface area (Å²) in [5.41, 5.74) is 4.68. The minimum absolute atomic E-state index is 0.199. The van der Waals surface area contributed by atoms with Crippen molar-refractivity contribution in [3.8, 4) is 0 Å². The Hall–Kier alpha value is -0.770. The van der Waals surface area contributed by atoms with E-state index in [9.17, 15) is 9.70 Å². The van der Waals surface area contributed by atoms with E-state index in [1.165, 1.54) is 0 Å². The molecule has 0 aromatic carbocycles. The topological polar surface area (TPSA) is 72.5 Å². The van der Waals surface area contributed by atoms with E-state index in [1.807, 2.05) is 13.8 Å². The molecule has 0 radical (unpaired) electrons. The van der Waals surface area contributed by atoms with Crippen molar-refractivity contribution in [2.45, 2.75) is 26.7 Å². The summed E-state index contributed by atoms with van der Waals surface area (Å²) in [5.74, 6) is -0.620. The summed E-state index contributed by atoms with van der Waals surface area (Å²) in [6.07, 6.45) is 1.15. The molecule has 0 saturated heterocycles. The Bertz CT molecular complexity index is 144. The Balaban J connectivity index is 4.52. The third kappa shape index (κ3) is 1.83. The highest BCUT2D eigenvalue weighted by molar-refractivity contribution is 5.83. The third-order valence-corrected chi connectivity index (χ3v) is 2.28. The van der Waals surface area contributed by atoms with Crippen LogP contribution in [0.1, 0.15) is 26.7 Å². The largest absolute Gasteiger partial charge is 0.329 e. The summed E-state index contributed by atoms with van der Waals surface area (Å²) in [4.78, 5) is 20.9. The van der Waals surface area contributed by atoms with Gasteiger partial charge in [0, 0.05) is 11.7 Å². The van der Waals surface area contributed by atoms with Crippen molar-refractivity contribution in [3.63, 3.8) is 0 Å². The molecule has 2 N–H and O–H groups in total. The Kier molecular flexibility index (Phi) is 3.89. The lowest BCUT2D eigenvalue weighted by atomic mass is 9.82. The molecular weight excluding hydrogens is 144 g/mol. The lowest BCUT2D eigenvalue weighted by Gasteiger charge is -2.23. The van der Waals surface area contributed by atoms with Crippen LogP contribution >= 0.6 is 0 Å². The van der Waals surface area contributed by atoms with Crippen molar-refractivity contribution in [1.29, 1.82) is 0 Å². The molecule has 0 aliphatic rings. The molecule has 64 valence electrons. The van der Waals surface area contributed by atoms with Crippen LogP contribution in [0.2, 0.25) is 0 Å². The molecule has 0 unspecified atom stereocenters. The Labute approximate surface area is 66.1 Å². The quantitative estimate of drug-likeness (QED) is 0.621. The van der Waals surface area contributed by atoms with Gasteiger partial charge >= 0.3 is 0 Å². The Morgan fingerprint density at radius 1 is 1.45 bits per heavy atom. The molecule has 0 aliphatic heterocycles. The minimum Gasteiger partial charge on any atom is -0.329 e. The predicted molar refractivity (Wildman–Crippen MR) is 42.9 cm³/mol. The van der Waals surface area contributed by atoms with Crippen LogP contribution in [0.25, 0.3) is 0 Å². The maximum atomic E-state index is 11.0. The van der Waals surface area contributed by atoms with Crippen LogP contribution in [0.5, 0.6) is 0 Å². The first kappa shape index (κ1) is 10.2. The summed E-state index contributed by atoms with van der Waals surface area (Å²) in [5, 5.41) is 2.40. The molecule has 0 fully saturated rings. The van der Waals surface area contributed by atoms with E-state index >= 15 is 0 Å². The summed E-state index contributed by atoms with van der Waals surface area (Å²) in [6.45, 7) is 3.86. The minimum atomic E-state index is -0.707. The van der Waals surface area contributed by atoms with Gasteiger partial charge in [-0.2, -0.15) is 0 Å². The number of hydrogen-bond donors (Lipinski definition) is 1. The first-order chi connectivity index (χ1) is 5.16. The number of nitroso groups, excluding NO2 is 1. The van der Waals surface area contributed by atoms with Crippen molar-refractivity contribution in [2.24, 2.45) is 16.3 Å². The first-order valence-corrected chi connectivity index (χ1v) is 3.74. The second kappa shape index (κ2) is 4.18. The molecule has 0 saturated carbocycles. The average Bonchev–Trinajstić information content (AvgIpc) is 2.08. The molecular formula is C7H14N2O2. The van der Waals surface area contributed by atoms with Crippen LogP contribution in [0.15, 0.2) is 5.18 Å². The molecule has 4 nitrogen and oxygen atoms in total. The van der Waals surface area contributed by atoms with Gasteiger partial charge < -0.3 is 5.73 Å². The van der Waals surface area contributed by atoms with Gasteiger partial charge in [0.05, 0.1) is 5.41 Å². The zero-order valence-electron chi connectivity index (χ0n) is 6.96. The van der Waals surface area contributed by atoms with E-state index in [2.05, 4.69) is 5.18 Å². The van der Waals surface area contributed by atoms with Crippen LogP contribution in [-0.4, -0.2) is 12.5 Å². The normalized spacial score (nSPS) is 11.2. The maximum absolute atomic E-state index is 11.0. The van der Waals surface area contributed by atoms with E-state index in [0.717, 1.165) is 0 Å². The van der Waals surface area contributed by atoms with Crippen molar-refractivity contribution >= 4 is 5.91 Å². The molecule has 0 rings (SSSR count). The van der Waals surface area contributed by atoms with Gasteiger partial charge in [-0.3, -0.25) is 4.79 Å². The fourth-order valence-corrected chi connectivity index (χ4v) is 1.03. The number of hydrogen-bond acceptors (Lipinski definition) is 3. The van der Waals surface area contributed by atoms with E-state index in [1.54, 1.807) is 0 Å². The van der Waals surface area contributed by atoms with Crippen LogP contribution in [0, 0.1) is 10.3 Å². The highest BCUT2D eigenvalue weighted by Gasteiger charge is 2.34. The molecule has 11 heavy (non-hydrogen) atoms. The summed E-state index contributed by atoms with van der Waals surface area (Å²) in [6, 6.07) is 0. The first-order valence-electron chi connectivity index (χ1n) is 3.74. The standard InChI is InChI=1S/C7H14N2O2/c1-3-7(4-2,5-8)6(10)9-11/h3-5,8H2,1-2H3.